The molecule has 1 aromatic rings. The van der Waals surface area contributed by atoms with Crippen LogP contribution in [0, 0.1) is 13.8 Å². The number of nitrogens with one attached hydrogen (secondary N) is 1. The molecule has 3 heteroatoms. The largest absolute Gasteiger partial charge is 0.391 e. The van der Waals surface area contributed by atoms with Crippen molar-refractivity contribution in [1.29, 1.82) is 0 Å². The van der Waals surface area contributed by atoms with E-state index >= 15 is 0 Å². The maximum Gasteiger partial charge on any atom is 0.0741 e. The SMILES string of the molecule is Cc1cc(Br)cc(C)c1N[C@@H]1CCCC[C@H]1O. The van der Waals surface area contributed by atoms with E-state index in [-0.39, 0.29) is 12.1 Å². The summed E-state index contributed by atoms with van der Waals surface area (Å²) in [7, 11) is 0. The molecule has 0 aliphatic heterocycles. The van der Waals surface area contributed by atoms with E-state index in [1.165, 1.54) is 23.2 Å². The summed E-state index contributed by atoms with van der Waals surface area (Å²) in [6.45, 7) is 4.21. The van der Waals surface area contributed by atoms with E-state index in [1.54, 1.807) is 0 Å². The molecule has 1 aliphatic rings. The van der Waals surface area contributed by atoms with Gasteiger partial charge in [-0.1, -0.05) is 28.8 Å². The molecule has 0 spiro atoms. The topological polar surface area (TPSA) is 32.3 Å². The molecule has 0 heterocycles. The van der Waals surface area contributed by atoms with Gasteiger partial charge in [-0.05, 0) is 49.9 Å². The number of aliphatic hydroxyl groups excluding tert-OH is 1. The van der Waals surface area contributed by atoms with Gasteiger partial charge in [0.15, 0.2) is 0 Å². The second kappa shape index (κ2) is 5.40. The van der Waals surface area contributed by atoms with Crippen molar-refractivity contribution in [2.45, 2.75) is 51.7 Å². The average Bonchev–Trinajstić information content (AvgIpc) is 2.25. The van der Waals surface area contributed by atoms with Gasteiger partial charge >= 0.3 is 0 Å². The maximum atomic E-state index is 9.99. The molecule has 94 valence electrons. The number of benzene rings is 1. The predicted octanol–water partition coefficient (Wildman–Crippen LogP) is 3.78. The first-order valence-corrected chi connectivity index (χ1v) is 7.08. The van der Waals surface area contributed by atoms with Crippen LogP contribution in [-0.2, 0) is 0 Å². The van der Waals surface area contributed by atoms with E-state index in [0.29, 0.717) is 0 Å². The normalized spacial score (nSPS) is 24.7. The van der Waals surface area contributed by atoms with Crippen molar-refractivity contribution in [3.05, 3.63) is 27.7 Å². The number of hydrogen-bond donors (Lipinski definition) is 2. The van der Waals surface area contributed by atoms with Gasteiger partial charge in [0.25, 0.3) is 0 Å². The van der Waals surface area contributed by atoms with Gasteiger partial charge in [-0.2, -0.15) is 0 Å². The summed E-state index contributed by atoms with van der Waals surface area (Å²) in [5, 5.41) is 13.5. The van der Waals surface area contributed by atoms with E-state index in [4.69, 9.17) is 0 Å². The zero-order chi connectivity index (χ0) is 12.4. The fourth-order valence-corrected chi connectivity index (χ4v) is 3.29. The lowest BCUT2D eigenvalue weighted by Crippen LogP contribution is -2.36. The monoisotopic (exact) mass is 297 g/mol. The van der Waals surface area contributed by atoms with E-state index in [9.17, 15) is 5.11 Å². The molecule has 1 aliphatic carbocycles. The molecule has 0 saturated heterocycles. The molecule has 2 N–H and O–H groups in total. The summed E-state index contributed by atoms with van der Waals surface area (Å²) in [6, 6.07) is 4.44. The molecule has 1 saturated carbocycles. The summed E-state index contributed by atoms with van der Waals surface area (Å²) in [5.74, 6) is 0. The minimum atomic E-state index is -0.203. The van der Waals surface area contributed by atoms with Gasteiger partial charge in [0, 0.05) is 10.2 Å². The van der Waals surface area contributed by atoms with Crippen LogP contribution in [0.1, 0.15) is 36.8 Å². The van der Waals surface area contributed by atoms with Gasteiger partial charge in [-0.15, -0.1) is 0 Å². The number of aliphatic hydroxyl groups is 1. The van der Waals surface area contributed by atoms with Crippen LogP contribution in [0.25, 0.3) is 0 Å². The molecule has 0 amide bonds. The fraction of sp³-hybridized carbons (Fsp3) is 0.571. The minimum Gasteiger partial charge on any atom is -0.391 e. The van der Waals surface area contributed by atoms with Gasteiger partial charge < -0.3 is 10.4 Å². The highest BCUT2D eigenvalue weighted by Crippen LogP contribution is 2.28. The lowest BCUT2D eigenvalue weighted by atomic mass is 9.92. The van der Waals surface area contributed by atoms with Gasteiger partial charge in [-0.3, -0.25) is 0 Å². The summed E-state index contributed by atoms with van der Waals surface area (Å²) >= 11 is 3.51. The fourth-order valence-electron chi connectivity index (χ4n) is 2.60. The third-order valence-electron chi connectivity index (χ3n) is 3.56. The molecule has 0 aromatic heterocycles. The summed E-state index contributed by atoms with van der Waals surface area (Å²) in [4.78, 5) is 0. The second-order valence-corrected chi connectivity index (χ2v) is 5.93. The molecule has 17 heavy (non-hydrogen) atoms. The number of hydrogen-bond acceptors (Lipinski definition) is 2. The highest BCUT2D eigenvalue weighted by Gasteiger charge is 2.23. The maximum absolute atomic E-state index is 9.99. The van der Waals surface area contributed by atoms with Crippen LogP contribution in [-0.4, -0.2) is 17.3 Å². The van der Waals surface area contributed by atoms with E-state index in [0.717, 1.165) is 23.7 Å². The first-order valence-electron chi connectivity index (χ1n) is 6.29. The number of anilines is 1. The molecule has 0 bridgehead atoms. The van der Waals surface area contributed by atoms with Crippen LogP contribution in [0.2, 0.25) is 0 Å². The molecule has 1 aromatic carbocycles. The molecule has 2 rings (SSSR count). The Morgan fingerprint density at radius 3 is 2.35 bits per heavy atom. The molecule has 0 unspecified atom stereocenters. The van der Waals surface area contributed by atoms with Crippen molar-refractivity contribution in [2.75, 3.05) is 5.32 Å². The zero-order valence-corrected chi connectivity index (χ0v) is 12.0. The van der Waals surface area contributed by atoms with Crippen LogP contribution < -0.4 is 5.32 Å². The Hall–Kier alpha value is -0.540. The third kappa shape index (κ3) is 3.02. The first-order chi connectivity index (χ1) is 8.08. The number of aryl methyl sites for hydroxylation is 2. The Labute approximate surface area is 112 Å². The predicted molar refractivity (Wildman–Crippen MR) is 75.5 cm³/mol. The molecule has 2 atom stereocenters. The summed E-state index contributed by atoms with van der Waals surface area (Å²) in [6.07, 6.45) is 4.15. The average molecular weight is 298 g/mol. The molecule has 1 fully saturated rings. The van der Waals surface area contributed by atoms with Crippen molar-refractivity contribution in [1.82, 2.24) is 0 Å². The number of rotatable bonds is 2. The van der Waals surface area contributed by atoms with Gasteiger partial charge in [0.05, 0.1) is 12.1 Å². The Kier molecular flexibility index (Phi) is 4.10. The van der Waals surface area contributed by atoms with Gasteiger partial charge in [-0.25, -0.2) is 0 Å². The van der Waals surface area contributed by atoms with E-state index < -0.39 is 0 Å². The summed E-state index contributed by atoms with van der Waals surface area (Å²) < 4.78 is 1.11. The van der Waals surface area contributed by atoms with Crippen LogP contribution in [0.3, 0.4) is 0 Å². The minimum absolute atomic E-state index is 0.203. The van der Waals surface area contributed by atoms with E-state index in [1.807, 2.05) is 0 Å². The Bertz CT molecular complexity index is 382. The number of halogens is 1. The zero-order valence-electron chi connectivity index (χ0n) is 10.5. The highest BCUT2D eigenvalue weighted by atomic mass is 79.9. The Morgan fingerprint density at radius 2 is 1.76 bits per heavy atom. The van der Waals surface area contributed by atoms with Crippen LogP contribution in [0.4, 0.5) is 5.69 Å². The molecular formula is C14H20BrNO. The highest BCUT2D eigenvalue weighted by molar-refractivity contribution is 9.10. The lowest BCUT2D eigenvalue weighted by molar-refractivity contribution is 0.116. The molecule has 0 radical (unpaired) electrons. The van der Waals surface area contributed by atoms with Crippen LogP contribution in [0.5, 0.6) is 0 Å². The van der Waals surface area contributed by atoms with Crippen molar-refractivity contribution in [3.63, 3.8) is 0 Å². The van der Waals surface area contributed by atoms with Crippen molar-refractivity contribution < 1.29 is 5.11 Å². The molecular weight excluding hydrogens is 278 g/mol. The molecule has 2 nitrogen and oxygen atoms in total. The van der Waals surface area contributed by atoms with Gasteiger partial charge in [0.2, 0.25) is 0 Å². The Balaban J connectivity index is 2.17. The standard InChI is InChI=1S/C14H20BrNO/c1-9-7-11(15)8-10(2)14(9)16-12-5-3-4-6-13(12)17/h7-8,12-13,16-17H,3-6H2,1-2H3/t12-,13-/m1/s1. The van der Waals surface area contributed by atoms with Crippen molar-refractivity contribution >= 4 is 21.6 Å². The first kappa shape index (κ1) is 12.9. The van der Waals surface area contributed by atoms with Crippen LogP contribution in [0.15, 0.2) is 16.6 Å². The van der Waals surface area contributed by atoms with Crippen molar-refractivity contribution in [3.8, 4) is 0 Å². The van der Waals surface area contributed by atoms with Gasteiger partial charge in [0.1, 0.15) is 0 Å². The lowest BCUT2D eigenvalue weighted by Gasteiger charge is -2.30. The quantitative estimate of drug-likeness (QED) is 0.871. The van der Waals surface area contributed by atoms with Crippen molar-refractivity contribution in [2.24, 2.45) is 0 Å². The van der Waals surface area contributed by atoms with E-state index in [2.05, 4.69) is 47.2 Å². The second-order valence-electron chi connectivity index (χ2n) is 5.02. The smallest absolute Gasteiger partial charge is 0.0741 e. The van der Waals surface area contributed by atoms with Crippen LogP contribution >= 0.6 is 15.9 Å². The summed E-state index contributed by atoms with van der Waals surface area (Å²) in [5.41, 5.74) is 3.64. The third-order valence-corrected chi connectivity index (χ3v) is 4.01. The Morgan fingerprint density at radius 1 is 1.18 bits per heavy atom.